The second-order valence-corrected chi connectivity index (χ2v) is 8.04. The predicted octanol–water partition coefficient (Wildman–Crippen LogP) is 1.98. The maximum atomic E-state index is 12.1. The lowest BCUT2D eigenvalue weighted by Gasteiger charge is -2.22. The van der Waals surface area contributed by atoms with Gasteiger partial charge in [-0.15, -0.1) is 0 Å². The number of carbonyl (C=O) groups is 2. The summed E-state index contributed by atoms with van der Waals surface area (Å²) >= 11 is 0. The van der Waals surface area contributed by atoms with E-state index in [0.29, 0.717) is 29.1 Å². The van der Waals surface area contributed by atoms with Crippen LogP contribution in [0.5, 0.6) is 5.75 Å². The van der Waals surface area contributed by atoms with Crippen molar-refractivity contribution in [2.75, 3.05) is 29.5 Å². The van der Waals surface area contributed by atoms with E-state index in [9.17, 15) is 18.0 Å². The van der Waals surface area contributed by atoms with E-state index in [0.717, 1.165) is 6.26 Å². The Kier molecular flexibility index (Phi) is 7.00. The molecule has 0 aromatic heterocycles. The second-order valence-electron chi connectivity index (χ2n) is 6.13. The van der Waals surface area contributed by atoms with E-state index in [-0.39, 0.29) is 18.9 Å². The Labute approximate surface area is 164 Å². The number of amides is 2. The monoisotopic (exact) mass is 405 g/mol. The van der Waals surface area contributed by atoms with Crippen LogP contribution in [-0.2, 0) is 14.8 Å². The molecule has 0 heterocycles. The summed E-state index contributed by atoms with van der Waals surface area (Å²) in [4.78, 5) is 23.3. The van der Waals surface area contributed by atoms with Crippen LogP contribution in [0.1, 0.15) is 23.2 Å². The molecule has 3 N–H and O–H groups in total. The van der Waals surface area contributed by atoms with Gasteiger partial charge >= 0.3 is 0 Å². The number of nitrogens with zero attached hydrogens (tertiary/aromatic N) is 1. The summed E-state index contributed by atoms with van der Waals surface area (Å²) in [6.45, 7) is 0.140. The molecule has 8 nitrogen and oxygen atoms in total. The first kappa shape index (κ1) is 21.2. The molecule has 0 aliphatic rings. The summed E-state index contributed by atoms with van der Waals surface area (Å²) in [7, 11) is -2.02. The van der Waals surface area contributed by atoms with Gasteiger partial charge in [0.25, 0.3) is 0 Å². The van der Waals surface area contributed by atoms with E-state index < -0.39 is 15.9 Å². The lowest BCUT2D eigenvalue weighted by atomic mass is 10.2. The molecule has 0 aliphatic carbocycles. The van der Waals surface area contributed by atoms with E-state index in [4.69, 9.17) is 10.5 Å². The smallest absolute Gasteiger partial charge is 0.248 e. The lowest BCUT2D eigenvalue weighted by Crippen LogP contribution is -2.31. The van der Waals surface area contributed by atoms with Crippen LogP contribution >= 0.6 is 0 Å². The van der Waals surface area contributed by atoms with Crippen molar-refractivity contribution < 1.29 is 22.7 Å². The number of carbonyl (C=O) groups excluding carboxylic acids is 2. The molecule has 0 radical (unpaired) electrons. The molecule has 0 atom stereocenters. The number of nitrogens with one attached hydrogen (secondary N) is 1. The Morgan fingerprint density at radius 3 is 2.50 bits per heavy atom. The number of anilines is 2. The van der Waals surface area contributed by atoms with Crippen molar-refractivity contribution in [3.05, 3.63) is 54.1 Å². The zero-order valence-corrected chi connectivity index (χ0v) is 16.5. The predicted molar refractivity (Wildman–Crippen MR) is 108 cm³/mol. The molecule has 0 saturated heterocycles. The average molecular weight is 405 g/mol. The Hall–Kier alpha value is -3.07. The van der Waals surface area contributed by atoms with Crippen LogP contribution in [0.15, 0.2) is 48.5 Å². The number of hydrogen-bond acceptors (Lipinski definition) is 5. The van der Waals surface area contributed by atoms with Gasteiger partial charge in [-0.1, -0.05) is 12.1 Å². The van der Waals surface area contributed by atoms with Crippen LogP contribution in [0.4, 0.5) is 11.4 Å². The Balaban J connectivity index is 1.99. The van der Waals surface area contributed by atoms with E-state index >= 15 is 0 Å². The Bertz CT molecular complexity index is 960. The molecule has 2 amide bonds. The normalized spacial score (nSPS) is 10.9. The van der Waals surface area contributed by atoms with Crippen molar-refractivity contribution in [3.63, 3.8) is 0 Å². The van der Waals surface area contributed by atoms with Gasteiger partial charge in [-0.2, -0.15) is 0 Å². The molecular formula is C19H23N3O5S. The maximum absolute atomic E-state index is 12.1. The van der Waals surface area contributed by atoms with Gasteiger partial charge in [0.1, 0.15) is 5.75 Å². The van der Waals surface area contributed by atoms with Crippen LogP contribution in [0.2, 0.25) is 0 Å². The first-order valence-electron chi connectivity index (χ1n) is 8.52. The fourth-order valence-electron chi connectivity index (χ4n) is 2.61. The molecule has 2 rings (SSSR count). The number of methoxy groups -OCH3 is 1. The summed E-state index contributed by atoms with van der Waals surface area (Å²) in [6.07, 6.45) is 1.53. The molecule has 0 bridgehead atoms. The Morgan fingerprint density at radius 2 is 1.86 bits per heavy atom. The van der Waals surface area contributed by atoms with Crippen molar-refractivity contribution in [2.24, 2.45) is 5.73 Å². The standard InChI is InChI=1S/C19H23N3O5S/c1-27-17-9-4-8-16(13-17)22(28(2,25)26)11-5-10-18(23)21-15-7-3-6-14(12-15)19(20)24/h3-4,6-9,12-13H,5,10-11H2,1-2H3,(H2,20,24)(H,21,23). The van der Waals surface area contributed by atoms with Crippen LogP contribution in [0.3, 0.4) is 0 Å². The molecular weight excluding hydrogens is 382 g/mol. The number of nitrogens with two attached hydrogens (primary N) is 1. The third kappa shape index (κ3) is 5.98. The summed E-state index contributed by atoms with van der Waals surface area (Å²) < 4.78 is 30.6. The van der Waals surface area contributed by atoms with Gasteiger partial charge in [-0.25, -0.2) is 8.42 Å². The molecule has 2 aromatic rings. The second kappa shape index (κ2) is 9.23. The zero-order chi connectivity index (χ0) is 20.7. The first-order chi connectivity index (χ1) is 13.2. The molecule has 0 spiro atoms. The minimum Gasteiger partial charge on any atom is -0.497 e. The highest BCUT2D eigenvalue weighted by atomic mass is 32.2. The van der Waals surface area contributed by atoms with Crippen molar-refractivity contribution in [2.45, 2.75) is 12.8 Å². The highest BCUT2D eigenvalue weighted by Gasteiger charge is 2.18. The fraction of sp³-hybridized carbons (Fsp3) is 0.263. The minimum absolute atomic E-state index is 0.108. The SMILES string of the molecule is COc1cccc(N(CCCC(=O)Nc2cccc(C(N)=O)c2)S(C)(=O)=O)c1. The van der Waals surface area contributed by atoms with Gasteiger partial charge < -0.3 is 15.8 Å². The summed E-state index contributed by atoms with van der Waals surface area (Å²) in [6, 6.07) is 13.0. The van der Waals surface area contributed by atoms with Crippen LogP contribution in [0, 0.1) is 0 Å². The molecule has 2 aromatic carbocycles. The van der Waals surface area contributed by atoms with E-state index in [1.54, 1.807) is 42.5 Å². The Morgan fingerprint density at radius 1 is 1.14 bits per heavy atom. The first-order valence-corrected chi connectivity index (χ1v) is 10.4. The topological polar surface area (TPSA) is 119 Å². The van der Waals surface area contributed by atoms with Crippen molar-refractivity contribution in [3.8, 4) is 5.75 Å². The van der Waals surface area contributed by atoms with Crippen LogP contribution in [0.25, 0.3) is 0 Å². The number of rotatable bonds is 9. The fourth-order valence-corrected chi connectivity index (χ4v) is 3.57. The third-order valence-corrected chi connectivity index (χ3v) is 5.13. The molecule has 28 heavy (non-hydrogen) atoms. The zero-order valence-electron chi connectivity index (χ0n) is 15.7. The number of primary amides is 1. The summed E-state index contributed by atoms with van der Waals surface area (Å²) in [5.74, 6) is -0.336. The lowest BCUT2D eigenvalue weighted by molar-refractivity contribution is -0.116. The summed E-state index contributed by atoms with van der Waals surface area (Å²) in [5.41, 5.74) is 6.43. The highest BCUT2D eigenvalue weighted by molar-refractivity contribution is 7.92. The molecule has 150 valence electrons. The van der Waals surface area contributed by atoms with Crippen molar-refractivity contribution in [1.29, 1.82) is 0 Å². The van der Waals surface area contributed by atoms with Gasteiger partial charge in [0.05, 0.1) is 19.1 Å². The van der Waals surface area contributed by atoms with E-state index in [1.165, 1.54) is 17.5 Å². The van der Waals surface area contributed by atoms with Crippen LogP contribution in [-0.4, -0.2) is 40.1 Å². The summed E-state index contributed by atoms with van der Waals surface area (Å²) in [5, 5.41) is 2.67. The molecule has 0 unspecified atom stereocenters. The van der Waals surface area contributed by atoms with Crippen LogP contribution < -0.4 is 20.1 Å². The van der Waals surface area contributed by atoms with Gasteiger partial charge in [0.15, 0.2) is 0 Å². The number of hydrogen-bond donors (Lipinski definition) is 2. The van der Waals surface area contributed by atoms with Gasteiger partial charge in [0.2, 0.25) is 21.8 Å². The molecule has 0 aliphatic heterocycles. The molecule has 0 saturated carbocycles. The van der Waals surface area contributed by atoms with Gasteiger partial charge in [-0.3, -0.25) is 13.9 Å². The number of benzene rings is 2. The van der Waals surface area contributed by atoms with Gasteiger partial charge in [0, 0.05) is 30.3 Å². The maximum Gasteiger partial charge on any atom is 0.248 e. The number of ether oxygens (including phenoxy) is 1. The highest BCUT2D eigenvalue weighted by Crippen LogP contribution is 2.23. The van der Waals surface area contributed by atoms with Crippen molar-refractivity contribution in [1.82, 2.24) is 0 Å². The van der Waals surface area contributed by atoms with Gasteiger partial charge in [-0.05, 0) is 36.8 Å². The average Bonchev–Trinajstić information content (AvgIpc) is 2.64. The molecule has 0 fully saturated rings. The quantitative estimate of drug-likeness (QED) is 0.661. The molecule has 9 heteroatoms. The largest absolute Gasteiger partial charge is 0.497 e. The minimum atomic E-state index is -3.52. The third-order valence-electron chi connectivity index (χ3n) is 3.94. The van der Waals surface area contributed by atoms with E-state index in [1.807, 2.05) is 0 Å². The number of sulfonamides is 1. The van der Waals surface area contributed by atoms with E-state index in [2.05, 4.69) is 5.32 Å². The van der Waals surface area contributed by atoms with Crippen molar-refractivity contribution >= 4 is 33.2 Å².